The van der Waals surface area contributed by atoms with Gasteiger partial charge in [0.2, 0.25) is 10.0 Å². The highest BCUT2D eigenvalue weighted by Crippen LogP contribution is 2.46. The molecular formula is C10H19NO4S2. The highest BCUT2D eigenvalue weighted by atomic mass is 32.2. The summed E-state index contributed by atoms with van der Waals surface area (Å²) in [5.41, 5.74) is 0. The Morgan fingerprint density at radius 1 is 1.47 bits per heavy atom. The molecule has 0 spiro atoms. The fourth-order valence-corrected chi connectivity index (χ4v) is 3.40. The highest BCUT2D eigenvalue weighted by molar-refractivity contribution is 8.00. The van der Waals surface area contributed by atoms with Crippen LogP contribution in [0.3, 0.4) is 0 Å². The minimum Gasteiger partial charge on any atom is -0.469 e. The lowest BCUT2D eigenvalue weighted by molar-refractivity contribution is -0.140. The van der Waals surface area contributed by atoms with Crippen molar-refractivity contribution in [3.63, 3.8) is 0 Å². The normalized spacial score (nSPS) is 17.8. The maximum absolute atomic E-state index is 11.6. The average Bonchev–Trinajstić information content (AvgIpc) is 3.07. The van der Waals surface area contributed by atoms with E-state index >= 15 is 0 Å². The molecule has 0 heterocycles. The number of methoxy groups -OCH3 is 1. The first kappa shape index (κ1) is 14.8. The zero-order valence-corrected chi connectivity index (χ0v) is 11.8. The largest absolute Gasteiger partial charge is 0.469 e. The van der Waals surface area contributed by atoms with Gasteiger partial charge < -0.3 is 4.74 Å². The van der Waals surface area contributed by atoms with Crippen molar-refractivity contribution in [2.24, 2.45) is 0 Å². The summed E-state index contributed by atoms with van der Waals surface area (Å²) < 4.78 is 30.4. The first-order valence-electron chi connectivity index (χ1n) is 5.52. The summed E-state index contributed by atoms with van der Waals surface area (Å²) in [6.45, 7) is 0.495. The SMILES string of the molecule is COC(=O)CCCS(=O)(=O)NCC1(SC)CC1. The Kier molecular flexibility index (Phi) is 5.27. The second-order valence-electron chi connectivity index (χ2n) is 4.21. The molecule has 100 valence electrons. The maximum atomic E-state index is 11.6. The van der Waals surface area contributed by atoms with Gasteiger partial charge in [0.25, 0.3) is 0 Å². The van der Waals surface area contributed by atoms with Crippen LogP contribution in [0, 0.1) is 0 Å². The van der Waals surface area contributed by atoms with E-state index in [9.17, 15) is 13.2 Å². The molecule has 1 saturated carbocycles. The molecule has 1 fully saturated rings. The highest BCUT2D eigenvalue weighted by Gasteiger charge is 2.42. The van der Waals surface area contributed by atoms with Gasteiger partial charge in [0.1, 0.15) is 0 Å². The quantitative estimate of drug-likeness (QED) is 0.665. The smallest absolute Gasteiger partial charge is 0.305 e. The third-order valence-electron chi connectivity index (χ3n) is 2.88. The summed E-state index contributed by atoms with van der Waals surface area (Å²) in [7, 11) is -1.96. The lowest BCUT2D eigenvalue weighted by Crippen LogP contribution is -2.33. The van der Waals surface area contributed by atoms with Crippen LogP contribution in [0.15, 0.2) is 0 Å². The van der Waals surface area contributed by atoms with E-state index in [0.29, 0.717) is 13.0 Å². The fourth-order valence-electron chi connectivity index (χ4n) is 1.41. The molecule has 1 aliphatic rings. The number of hydrogen-bond donors (Lipinski definition) is 1. The van der Waals surface area contributed by atoms with Crippen molar-refractivity contribution in [3.8, 4) is 0 Å². The van der Waals surface area contributed by atoms with Crippen molar-refractivity contribution in [1.29, 1.82) is 0 Å². The van der Waals surface area contributed by atoms with E-state index < -0.39 is 10.0 Å². The molecule has 0 atom stereocenters. The second kappa shape index (κ2) is 6.06. The van der Waals surface area contributed by atoms with Gasteiger partial charge in [-0.15, -0.1) is 0 Å². The molecule has 1 rings (SSSR count). The van der Waals surface area contributed by atoms with Crippen LogP contribution >= 0.6 is 11.8 Å². The van der Waals surface area contributed by atoms with Crippen LogP contribution in [-0.4, -0.2) is 44.8 Å². The van der Waals surface area contributed by atoms with Crippen LogP contribution in [-0.2, 0) is 19.6 Å². The van der Waals surface area contributed by atoms with Gasteiger partial charge in [0.15, 0.2) is 0 Å². The van der Waals surface area contributed by atoms with Gasteiger partial charge in [-0.3, -0.25) is 4.79 Å². The molecule has 0 aromatic heterocycles. The van der Waals surface area contributed by atoms with Gasteiger partial charge in [-0.05, 0) is 25.5 Å². The molecule has 0 radical (unpaired) electrons. The number of carbonyl (C=O) groups excluding carboxylic acids is 1. The van der Waals surface area contributed by atoms with E-state index in [1.54, 1.807) is 11.8 Å². The van der Waals surface area contributed by atoms with E-state index in [-0.39, 0.29) is 22.9 Å². The van der Waals surface area contributed by atoms with Gasteiger partial charge in [-0.25, -0.2) is 13.1 Å². The lowest BCUT2D eigenvalue weighted by atomic mass is 10.3. The molecule has 0 unspecified atom stereocenters. The number of thioether (sulfide) groups is 1. The van der Waals surface area contributed by atoms with Gasteiger partial charge in [0, 0.05) is 17.7 Å². The number of ether oxygens (including phenoxy) is 1. The molecule has 7 heteroatoms. The molecule has 0 aromatic carbocycles. The summed E-state index contributed by atoms with van der Waals surface area (Å²) in [6.07, 6.45) is 4.58. The van der Waals surface area contributed by atoms with Crippen LogP contribution in [0.1, 0.15) is 25.7 Å². The molecule has 0 aliphatic heterocycles. The van der Waals surface area contributed by atoms with Crippen LogP contribution in [0.25, 0.3) is 0 Å². The third-order valence-corrected chi connectivity index (χ3v) is 5.71. The molecule has 1 aliphatic carbocycles. The zero-order valence-electron chi connectivity index (χ0n) is 10.2. The summed E-state index contributed by atoms with van der Waals surface area (Å²) in [6, 6.07) is 0. The van der Waals surface area contributed by atoms with E-state index in [0.717, 1.165) is 12.8 Å². The molecule has 1 N–H and O–H groups in total. The first-order valence-corrected chi connectivity index (χ1v) is 8.40. The monoisotopic (exact) mass is 281 g/mol. The van der Waals surface area contributed by atoms with Gasteiger partial charge in [-0.1, -0.05) is 0 Å². The molecule has 0 aromatic rings. The van der Waals surface area contributed by atoms with Crippen LogP contribution < -0.4 is 4.72 Å². The van der Waals surface area contributed by atoms with E-state index in [2.05, 4.69) is 9.46 Å². The van der Waals surface area contributed by atoms with Crippen molar-refractivity contribution in [2.75, 3.05) is 25.7 Å². The first-order chi connectivity index (χ1) is 7.93. The summed E-state index contributed by atoms with van der Waals surface area (Å²) >= 11 is 1.71. The Morgan fingerprint density at radius 2 is 2.12 bits per heavy atom. The number of carbonyl (C=O) groups is 1. The molecule has 0 amide bonds. The summed E-state index contributed by atoms with van der Waals surface area (Å²) in [5.74, 6) is -0.394. The minimum absolute atomic E-state index is 0.0213. The summed E-state index contributed by atoms with van der Waals surface area (Å²) in [5, 5.41) is 0. The predicted octanol–water partition coefficient (Wildman–Crippen LogP) is 0.755. The third kappa shape index (κ3) is 5.27. The van der Waals surface area contributed by atoms with Gasteiger partial charge in [-0.2, -0.15) is 11.8 Å². The van der Waals surface area contributed by atoms with Crippen molar-refractivity contribution in [2.45, 2.75) is 30.4 Å². The Morgan fingerprint density at radius 3 is 2.59 bits per heavy atom. The van der Waals surface area contributed by atoms with Crippen molar-refractivity contribution >= 4 is 27.8 Å². The standard InChI is InChI=1S/C10H19NO4S2/c1-15-9(12)4-3-7-17(13,14)11-8-10(16-2)5-6-10/h11H,3-8H2,1-2H3. The Bertz CT molecular complexity index is 363. The van der Waals surface area contributed by atoms with Gasteiger partial charge >= 0.3 is 5.97 Å². The number of hydrogen-bond acceptors (Lipinski definition) is 5. The van der Waals surface area contributed by atoms with E-state index in [1.165, 1.54) is 7.11 Å². The van der Waals surface area contributed by atoms with Crippen LogP contribution in [0.2, 0.25) is 0 Å². The number of esters is 1. The number of nitrogens with one attached hydrogen (secondary N) is 1. The van der Waals surface area contributed by atoms with Crippen LogP contribution in [0.5, 0.6) is 0 Å². The minimum atomic E-state index is -3.26. The number of rotatable bonds is 8. The molecular weight excluding hydrogens is 262 g/mol. The molecule has 17 heavy (non-hydrogen) atoms. The molecule has 0 bridgehead atoms. The summed E-state index contributed by atoms with van der Waals surface area (Å²) in [4.78, 5) is 10.8. The van der Waals surface area contributed by atoms with Gasteiger partial charge in [0.05, 0.1) is 12.9 Å². The fraction of sp³-hybridized carbons (Fsp3) is 0.900. The predicted molar refractivity (Wildman–Crippen MR) is 68.5 cm³/mol. The number of sulfonamides is 1. The second-order valence-corrected chi connectivity index (χ2v) is 7.41. The molecule has 5 nitrogen and oxygen atoms in total. The lowest BCUT2D eigenvalue weighted by Gasteiger charge is -2.13. The Labute approximate surface area is 107 Å². The van der Waals surface area contributed by atoms with Crippen molar-refractivity contribution in [3.05, 3.63) is 0 Å². The topological polar surface area (TPSA) is 72.5 Å². The molecule has 0 saturated heterocycles. The Hall–Kier alpha value is -0.270. The Balaban J connectivity index is 2.24. The van der Waals surface area contributed by atoms with Crippen molar-refractivity contribution < 1.29 is 17.9 Å². The average molecular weight is 281 g/mol. The zero-order chi connectivity index (χ0) is 12.9. The van der Waals surface area contributed by atoms with Crippen LogP contribution in [0.4, 0.5) is 0 Å². The maximum Gasteiger partial charge on any atom is 0.305 e. The van der Waals surface area contributed by atoms with E-state index in [1.807, 2.05) is 6.26 Å². The van der Waals surface area contributed by atoms with E-state index in [4.69, 9.17) is 0 Å². The van der Waals surface area contributed by atoms with Crippen molar-refractivity contribution in [1.82, 2.24) is 4.72 Å².